The van der Waals surface area contributed by atoms with Crippen molar-refractivity contribution < 1.29 is 28.4 Å². The number of alkyl halides is 1. The van der Waals surface area contributed by atoms with Crippen LogP contribution in [0.25, 0.3) is 11.1 Å². The molecule has 1 fully saturated rings. The maximum Gasteiger partial charge on any atom is 0.231 e. The summed E-state index contributed by atoms with van der Waals surface area (Å²) in [6.07, 6.45) is -0.352. The Hall–Kier alpha value is -3.71. The fraction of sp³-hybridized carbons (Fsp3) is 0.310. The first kappa shape index (κ1) is 22.7. The van der Waals surface area contributed by atoms with Crippen molar-refractivity contribution in [2.75, 3.05) is 39.7 Å². The number of allylic oxidation sites excluding steroid dienone is 1. The van der Waals surface area contributed by atoms with E-state index in [-0.39, 0.29) is 31.2 Å². The number of benzene rings is 3. The highest BCUT2D eigenvalue weighted by molar-refractivity contribution is 5.96. The lowest BCUT2D eigenvalue weighted by Gasteiger charge is -2.37. The van der Waals surface area contributed by atoms with E-state index in [1.54, 1.807) is 18.2 Å². The minimum absolute atomic E-state index is 0.185. The molecule has 3 aliphatic heterocycles. The van der Waals surface area contributed by atoms with Crippen molar-refractivity contribution in [3.8, 4) is 28.7 Å². The Labute approximate surface area is 209 Å². The van der Waals surface area contributed by atoms with E-state index in [1.165, 1.54) is 0 Å². The molecular formula is C29H28FNO5. The molecule has 1 N–H and O–H groups in total. The van der Waals surface area contributed by atoms with E-state index in [2.05, 4.69) is 11.8 Å². The number of phenolic OH excluding ortho intramolecular Hbond substituents is 1. The summed E-state index contributed by atoms with van der Waals surface area (Å²) in [5, 5.41) is 10.1. The van der Waals surface area contributed by atoms with Crippen LogP contribution in [0.15, 0.2) is 60.7 Å². The SMILES string of the molecule is CC1=C(c2ccc3c(c2)OCO3)[C@H](c2ccc(OCCN3CC(CF)C3)cc2)Oc2ccc(O)cc21. The van der Waals surface area contributed by atoms with E-state index in [4.69, 9.17) is 18.9 Å². The summed E-state index contributed by atoms with van der Waals surface area (Å²) < 4.78 is 36.2. The van der Waals surface area contributed by atoms with Gasteiger partial charge in [0.2, 0.25) is 6.79 Å². The lowest BCUT2D eigenvalue weighted by atomic mass is 9.86. The van der Waals surface area contributed by atoms with Gasteiger partial charge >= 0.3 is 0 Å². The van der Waals surface area contributed by atoms with E-state index < -0.39 is 0 Å². The van der Waals surface area contributed by atoms with Crippen molar-refractivity contribution in [2.24, 2.45) is 5.92 Å². The van der Waals surface area contributed by atoms with Crippen molar-refractivity contribution in [1.29, 1.82) is 0 Å². The summed E-state index contributed by atoms with van der Waals surface area (Å²) in [6, 6.07) is 19.0. The number of hydrogen-bond donors (Lipinski definition) is 1. The molecule has 0 amide bonds. The standard InChI is InChI=1S/C29H28FNO5/c1-18-24-13-22(32)5-9-25(24)36-29(28(18)21-4-8-26-27(12-21)35-17-34-26)20-2-6-23(7-3-20)33-11-10-31-15-19(14-30)16-31/h2-9,12-13,19,29,32H,10-11,14-17H2,1H3/t29-/m0/s1. The molecule has 0 unspecified atom stereocenters. The number of aromatic hydroxyl groups is 1. The summed E-state index contributed by atoms with van der Waals surface area (Å²) in [4.78, 5) is 2.20. The van der Waals surface area contributed by atoms with Gasteiger partial charge in [-0.15, -0.1) is 0 Å². The van der Waals surface area contributed by atoms with Gasteiger partial charge < -0.3 is 24.1 Å². The second kappa shape index (κ2) is 9.39. The Bertz CT molecular complexity index is 1300. The Morgan fingerprint density at radius 2 is 1.75 bits per heavy atom. The molecule has 6 nitrogen and oxygen atoms in total. The van der Waals surface area contributed by atoms with Crippen molar-refractivity contribution in [2.45, 2.75) is 13.0 Å². The van der Waals surface area contributed by atoms with E-state index in [1.807, 2.05) is 42.5 Å². The van der Waals surface area contributed by atoms with E-state index >= 15 is 0 Å². The molecule has 0 bridgehead atoms. The molecule has 0 saturated carbocycles. The zero-order valence-electron chi connectivity index (χ0n) is 20.1. The van der Waals surface area contributed by atoms with Gasteiger partial charge in [-0.25, -0.2) is 0 Å². The quantitative estimate of drug-likeness (QED) is 0.475. The zero-order chi connectivity index (χ0) is 24.6. The summed E-state index contributed by atoms with van der Waals surface area (Å²) in [5.41, 5.74) is 4.84. The Morgan fingerprint density at radius 1 is 0.972 bits per heavy atom. The lowest BCUT2D eigenvalue weighted by Crippen LogP contribution is -2.49. The van der Waals surface area contributed by atoms with Crippen molar-refractivity contribution in [1.82, 2.24) is 4.90 Å². The average molecular weight is 490 g/mol. The highest BCUT2D eigenvalue weighted by atomic mass is 19.1. The normalized spacial score (nSPS) is 19.0. The first-order valence-electron chi connectivity index (χ1n) is 12.2. The first-order valence-corrected chi connectivity index (χ1v) is 12.2. The smallest absolute Gasteiger partial charge is 0.231 e. The molecule has 6 rings (SSSR count). The van der Waals surface area contributed by atoms with Crippen LogP contribution in [0.2, 0.25) is 0 Å². The van der Waals surface area contributed by atoms with E-state index in [0.717, 1.165) is 64.7 Å². The first-order chi connectivity index (χ1) is 17.6. The summed E-state index contributed by atoms with van der Waals surface area (Å²) in [6.45, 7) is 5.00. The minimum Gasteiger partial charge on any atom is -0.508 e. The number of phenols is 1. The predicted octanol–water partition coefficient (Wildman–Crippen LogP) is 5.47. The third kappa shape index (κ3) is 4.24. The number of fused-ring (bicyclic) bond motifs is 2. The molecule has 1 atom stereocenters. The molecule has 1 saturated heterocycles. The average Bonchev–Trinajstić information content (AvgIpc) is 3.34. The van der Waals surface area contributed by atoms with E-state index in [0.29, 0.717) is 12.4 Å². The van der Waals surface area contributed by atoms with Crippen LogP contribution in [-0.2, 0) is 0 Å². The van der Waals surface area contributed by atoms with Gasteiger partial charge in [-0.2, -0.15) is 0 Å². The van der Waals surface area contributed by atoms with Gasteiger partial charge in [0.25, 0.3) is 0 Å². The third-order valence-corrected chi connectivity index (χ3v) is 7.07. The number of likely N-dealkylation sites (tertiary alicyclic amines) is 1. The van der Waals surface area contributed by atoms with Crippen molar-refractivity contribution >= 4 is 11.1 Å². The number of rotatable bonds is 7. The van der Waals surface area contributed by atoms with Crippen LogP contribution in [0, 0.1) is 5.92 Å². The molecule has 0 aromatic heterocycles. The maximum atomic E-state index is 12.6. The molecule has 3 aromatic rings. The van der Waals surface area contributed by atoms with E-state index in [9.17, 15) is 9.50 Å². The van der Waals surface area contributed by atoms with Gasteiger partial charge in [-0.1, -0.05) is 18.2 Å². The van der Waals surface area contributed by atoms with Crippen LogP contribution in [0.1, 0.15) is 29.7 Å². The molecule has 3 aromatic carbocycles. The number of ether oxygens (including phenoxy) is 4. The van der Waals surface area contributed by atoms with Crippen LogP contribution in [0.5, 0.6) is 28.7 Å². The zero-order valence-corrected chi connectivity index (χ0v) is 20.1. The lowest BCUT2D eigenvalue weighted by molar-refractivity contribution is 0.0668. The second-order valence-electron chi connectivity index (χ2n) is 9.48. The highest BCUT2D eigenvalue weighted by Gasteiger charge is 2.31. The van der Waals surface area contributed by atoms with Gasteiger partial charge in [0.15, 0.2) is 11.5 Å². The Kier molecular flexibility index (Phi) is 5.93. The monoisotopic (exact) mass is 489 g/mol. The van der Waals surface area contributed by atoms with Crippen LogP contribution in [0.3, 0.4) is 0 Å². The fourth-order valence-corrected chi connectivity index (χ4v) is 5.10. The largest absolute Gasteiger partial charge is 0.508 e. The third-order valence-electron chi connectivity index (χ3n) is 7.07. The Balaban J connectivity index is 1.26. The van der Waals surface area contributed by atoms with Gasteiger partial charge in [0.05, 0.1) is 6.67 Å². The topological polar surface area (TPSA) is 60.4 Å². The molecule has 36 heavy (non-hydrogen) atoms. The second-order valence-corrected chi connectivity index (χ2v) is 9.48. The van der Waals surface area contributed by atoms with Crippen LogP contribution in [0.4, 0.5) is 4.39 Å². The number of hydrogen-bond acceptors (Lipinski definition) is 6. The number of nitrogens with zero attached hydrogens (tertiary/aromatic N) is 1. The molecule has 0 spiro atoms. The van der Waals surface area contributed by atoms with Gasteiger partial charge in [0, 0.05) is 36.7 Å². The summed E-state index contributed by atoms with van der Waals surface area (Å²) in [5.74, 6) is 3.32. The number of halogens is 1. The fourth-order valence-electron chi connectivity index (χ4n) is 5.10. The maximum absolute atomic E-state index is 12.6. The van der Waals surface area contributed by atoms with Gasteiger partial charge in [-0.3, -0.25) is 9.29 Å². The van der Waals surface area contributed by atoms with Crippen molar-refractivity contribution in [3.05, 3.63) is 77.4 Å². The molecule has 0 radical (unpaired) electrons. The minimum atomic E-state index is -0.352. The molecular weight excluding hydrogens is 461 g/mol. The summed E-state index contributed by atoms with van der Waals surface area (Å²) >= 11 is 0. The summed E-state index contributed by atoms with van der Waals surface area (Å²) in [7, 11) is 0. The molecule has 186 valence electrons. The highest BCUT2D eigenvalue weighted by Crippen LogP contribution is 2.48. The van der Waals surface area contributed by atoms with Gasteiger partial charge in [0.1, 0.15) is 30.0 Å². The molecule has 0 aliphatic carbocycles. The van der Waals surface area contributed by atoms with Crippen LogP contribution >= 0.6 is 0 Å². The van der Waals surface area contributed by atoms with Crippen LogP contribution < -0.4 is 18.9 Å². The predicted molar refractivity (Wildman–Crippen MR) is 134 cm³/mol. The van der Waals surface area contributed by atoms with Crippen molar-refractivity contribution in [3.63, 3.8) is 0 Å². The molecule has 7 heteroatoms. The Morgan fingerprint density at radius 3 is 2.56 bits per heavy atom. The molecule has 3 heterocycles. The van der Waals surface area contributed by atoms with Gasteiger partial charge in [-0.05, 0) is 66.1 Å². The molecule has 3 aliphatic rings. The van der Waals surface area contributed by atoms with Crippen LogP contribution in [-0.4, -0.2) is 49.7 Å².